The van der Waals surface area contributed by atoms with Crippen molar-refractivity contribution in [2.45, 2.75) is 6.61 Å². The van der Waals surface area contributed by atoms with Gasteiger partial charge in [0.25, 0.3) is 0 Å². The molecule has 3 aromatic rings. The molecule has 0 unspecified atom stereocenters. The third-order valence-corrected chi connectivity index (χ3v) is 4.67. The maximum Gasteiger partial charge on any atom is 0.359 e. The molecule has 0 bridgehead atoms. The van der Waals surface area contributed by atoms with E-state index in [4.69, 9.17) is 4.74 Å². The summed E-state index contributed by atoms with van der Waals surface area (Å²) in [4.78, 5) is 16.5. The Hall–Kier alpha value is -4.08. The molecule has 0 aliphatic carbocycles. The number of halogens is 6. The van der Waals surface area contributed by atoms with Crippen molar-refractivity contribution in [3.63, 3.8) is 0 Å². The van der Waals surface area contributed by atoms with Crippen molar-refractivity contribution < 1.29 is 35.9 Å². The van der Waals surface area contributed by atoms with Crippen LogP contribution in [0.4, 0.5) is 26.3 Å². The molecule has 0 N–H and O–H groups in total. The standard InChI is InChI=1S/C23H12F6N2O2/c24-14-15(25)17(27)20-19(23(32)33-11-12-7-3-1-4-8-12)30-22(13-9-5-2-6-10-13)31(20)21(29)18(28)16(14)26/h1-10H,11H2/b16-14-,17-15-,21-18+. The number of hydrogen-bond acceptors (Lipinski definition) is 3. The molecule has 10 heteroatoms. The average Bonchev–Trinajstić information content (AvgIpc) is 3.25. The number of allylic oxidation sites excluding steroid dienone is 4. The van der Waals surface area contributed by atoms with E-state index in [1.54, 1.807) is 36.4 Å². The predicted octanol–water partition coefficient (Wildman–Crippen LogP) is 6.74. The van der Waals surface area contributed by atoms with E-state index in [0.29, 0.717) is 5.56 Å². The number of ether oxygens (including phenoxy) is 1. The zero-order valence-electron chi connectivity index (χ0n) is 16.5. The number of imidazole rings is 1. The number of carbonyl (C=O) groups excluding carboxylic acids is 1. The first-order chi connectivity index (χ1) is 15.8. The van der Waals surface area contributed by atoms with Crippen LogP contribution in [0, 0.1) is 0 Å². The third-order valence-electron chi connectivity index (χ3n) is 4.67. The van der Waals surface area contributed by atoms with E-state index in [2.05, 4.69) is 4.98 Å². The van der Waals surface area contributed by atoms with Gasteiger partial charge in [0.2, 0.25) is 23.4 Å². The summed E-state index contributed by atoms with van der Waals surface area (Å²) in [5.74, 6) is -16.3. The van der Waals surface area contributed by atoms with Crippen molar-refractivity contribution in [3.8, 4) is 11.4 Å². The van der Waals surface area contributed by atoms with Gasteiger partial charge in [0.15, 0.2) is 17.3 Å². The van der Waals surface area contributed by atoms with Gasteiger partial charge in [0, 0.05) is 5.56 Å². The van der Waals surface area contributed by atoms with E-state index in [0.717, 1.165) is 0 Å². The fourth-order valence-electron chi connectivity index (χ4n) is 3.11. The molecule has 1 aliphatic rings. The van der Waals surface area contributed by atoms with Gasteiger partial charge in [-0.05, 0) is 5.56 Å². The molecular weight excluding hydrogens is 450 g/mol. The van der Waals surface area contributed by atoms with Gasteiger partial charge in [-0.1, -0.05) is 60.7 Å². The molecule has 4 rings (SSSR count). The average molecular weight is 462 g/mol. The van der Waals surface area contributed by atoms with Gasteiger partial charge in [-0.25, -0.2) is 27.3 Å². The molecule has 2 heterocycles. The van der Waals surface area contributed by atoms with Crippen molar-refractivity contribution in [2.75, 3.05) is 0 Å². The minimum Gasteiger partial charge on any atom is -0.456 e. The Kier molecular flexibility index (Phi) is 5.91. The number of nitrogens with zero attached hydrogens (tertiary/aromatic N) is 2. The van der Waals surface area contributed by atoms with Crippen molar-refractivity contribution in [3.05, 3.63) is 101 Å². The number of hydrogen-bond donors (Lipinski definition) is 0. The van der Waals surface area contributed by atoms with Crippen molar-refractivity contribution in [1.82, 2.24) is 9.55 Å². The zero-order valence-corrected chi connectivity index (χ0v) is 16.5. The van der Waals surface area contributed by atoms with E-state index in [9.17, 15) is 31.1 Å². The number of fused-ring (bicyclic) bond motifs is 1. The van der Waals surface area contributed by atoms with Crippen molar-refractivity contribution in [2.24, 2.45) is 0 Å². The fourth-order valence-corrected chi connectivity index (χ4v) is 3.11. The maximum atomic E-state index is 14.9. The van der Waals surface area contributed by atoms with E-state index in [-0.39, 0.29) is 16.7 Å². The fraction of sp³-hybridized carbons (Fsp3) is 0.0435. The lowest BCUT2D eigenvalue weighted by Gasteiger charge is -2.13. The normalized spacial score (nSPS) is 20.8. The van der Waals surface area contributed by atoms with Gasteiger partial charge in [0.05, 0.1) is 0 Å². The summed E-state index contributed by atoms with van der Waals surface area (Å²) in [6.45, 7) is -0.309. The van der Waals surface area contributed by atoms with Crippen LogP contribution in [-0.2, 0) is 11.3 Å². The van der Waals surface area contributed by atoms with E-state index in [1.807, 2.05) is 0 Å². The Morgan fingerprint density at radius 3 is 1.94 bits per heavy atom. The van der Waals surface area contributed by atoms with Crippen LogP contribution in [0.1, 0.15) is 21.7 Å². The van der Waals surface area contributed by atoms with Crippen LogP contribution in [0.3, 0.4) is 0 Å². The molecule has 0 saturated heterocycles. The molecule has 0 fully saturated rings. The summed E-state index contributed by atoms with van der Waals surface area (Å²) in [5, 5.41) is 0. The molecule has 0 spiro atoms. The summed E-state index contributed by atoms with van der Waals surface area (Å²) >= 11 is 0. The second kappa shape index (κ2) is 8.81. The molecule has 2 aromatic carbocycles. The highest BCUT2D eigenvalue weighted by Gasteiger charge is 2.36. The molecular formula is C23H12F6N2O2. The van der Waals surface area contributed by atoms with E-state index < -0.39 is 58.3 Å². The van der Waals surface area contributed by atoms with Crippen LogP contribution in [0.15, 0.2) is 84.0 Å². The van der Waals surface area contributed by atoms with Crippen molar-refractivity contribution >= 4 is 17.7 Å². The minimum atomic E-state index is -2.60. The van der Waals surface area contributed by atoms with Crippen LogP contribution in [0.2, 0.25) is 0 Å². The Labute approximate surface area is 182 Å². The van der Waals surface area contributed by atoms with Gasteiger partial charge in [0.1, 0.15) is 18.1 Å². The number of benzene rings is 2. The molecule has 0 radical (unpaired) electrons. The molecule has 1 aromatic heterocycles. The van der Waals surface area contributed by atoms with Gasteiger partial charge in [-0.3, -0.25) is 4.57 Å². The summed E-state index contributed by atoms with van der Waals surface area (Å²) in [6, 6.07) is 15.5. The number of rotatable bonds is 4. The summed E-state index contributed by atoms with van der Waals surface area (Å²) in [6.07, 6.45) is 0. The first-order valence-electron chi connectivity index (χ1n) is 9.37. The Morgan fingerprint density at radius 2 is 1.30 bits per heavy atom. The lowest BCUT2D eigenvalue weighted by molar-refractivity contribution is 0.0465. The molecule has 168 valence electrons. The summed E-state index contributed by atoms with van der Waals surface area (Å²) in [5.41, 5.74) is -1.65. The third kappa shape index (κ3) is 3.95. The highest BCUT2D eigenvalue weighted by molar-refractivity contribution is 5.95. The molecule has 1 aliphatic heterocycles. The van der Waals surface area contributed by atoms with Crippen LogP contribution < -0.4 is 0 Å². The summed E-state index contributed by atoms with van der Waals surface area (Å²) < 4.78 is 91.2. The highest BCUT2D eigenvalue weighted by Crippen LogP contribution is 2.41. The van der Waals surface area contributed by atoms with Gasteiger partial charge in [-0.2, -0.15) is 8.78 Å². The van der Waals surface area contributed by atoms with Crippen molar-refractivity contribution in [1.29, 1.82) is 0 Å². The van der Waals surface area contributed by atoms with Gasteiger partial charge < -0.3 is 4.74 Å². The topological polar surface area (TPSA) is 44.1 Å². The van der Waals surface area contributed by atoms with Gasteiger partial charge >= 0.3 is 5.97 Å². The quantitative estimate of drug-likeness (QED) is 0.319. The SMILES string of the molecule is O=C(OCc1ccccc1)c1nc(-c2ccccc2)n2c1\C(F)=C(F)/C(F)=C(F)\C(F)=C/2F. The van der Waals surface area contributed by atoms with Crippen LogP contribution >= 0.6 is 0 Å². The maximum absolute atomic E-state index is 14.9. The Morgan fingerprint density at radius 1 is 0.758 bits per heavy atom. The number of carbonyl (C=O) groups is 1. The smallest absolute Gasteiger partial charge is 0.359 e. The largest absolute Gasteiger partial charge is 0.456 e. The predicted molar refractivity (Wildman–Crippen MR) is 107 cm³/mol. The first kappa shape index (κ1) is 22.1. The lowest BCUT2D eigenvalue weighted by Crippen LogP contribution is -2.11. The van der Waals surface area contributed by atoms with E-state index >= 15 is 0 Å². The van der Waals surface area contributed by atoms with Crippen LogP contribution in [0.25, 0.3) is 23.2 Å². The Balaban J connectivity index is 1.93. The number of aromatic nitrogens is 2. The monoisotopic (exact) mass is 462 g/mol. The molecule has 33 heavy (non-hydrogen) atoms. The van der Waals surface area contributed by atoms with Crippen LogP contribution in [0.5, 0.6) is 0 Å². The summed E-state index contributed by atoms with van der Waals surface area (Å²) in [7, 11) is 0. The molecule has 0 amide bonds. The van der Waals surface area contributed by atoms with E-state index in [1.165, 1.54) is 24.3 Å². The molecule has 0 atom stereocenters. The molecule has 4 nitrogen and oxygen atoms in total. The van der Waals surface area contributed by atoms with Crippen LogP contribution in [-0.4, -0.2) is 15.5 Å². The highest BCUT2D eigenvalue weighted by atomic mass is 19.2. The minimum absolute atomic E-state index is 0.0439. The zero-order chi connectivity index (χ0) is 23.7. The van der Waals surface area contributed by atoms with Gasteiger partial charge in [-0.15, -0.1) is 0 Å². The lowest BCUT2D eigenvalue weighted by atomic mass is 10.2. The second-order valence-corrected chi connectivity index (χ2v) is 6.76. The molecule has 0 saturated carbocycles. The number of esters is 1. The first-order valence-corrected chi connectivity index (χ1v) is 9.37. The Bertz CT molecular complexity index is 1330. The second-order valence-electron chi connectivity index (χ2n) is 6.76.